The van der Waals surface area contributed by atoms with Crippen molar-refractivity contribution in [2.45, 2.75) is 0 Å². The monoisotopic (exact) mass is 341 g/mol. The lowest BCUT2D eigenvalue weighted by atomic mass is 10.1. The highest BCUT2D eigenvalue weighted by molar-refractivity contribution is 9.10. The van der Waals surface area contributed by atoms with Gasteiger partial charge >= 0.3 is 0 Å². The number of carbonyl (C=O) groups is 1. The topological polar surface area (TPSA) is 69.6 Å². The third kappa shape index (κ3) is 3.00. The molecule has 6 heteroatoms. The Bertz CT molecular complexity index is 646. The number of nitrogens with one attached hydrogen (secondary N) is 1. The average molecular weight is 343 g/mol. The van der Waals surface area contributed by atoms with Crippen LogP contribution in [0.3, 0.4) is 0 Å². The molecule has 0 atom stereocenters. The second-order valence-corrected chi connectivity index (χ2v) is 5.07. The Morgan fingerprint density at radius 2 is 1.95 bits per heavy atom. The van der Waals surface area contributed by atoms with Crippen LogP contribution in [0.4, 0.5) is 5.69 Å². The Balaban J connectivity index is 2.28. The lowest BCUT2D eigenvalue weighted by molar-refractivity contribution is 0.102. The molecule has 0 unspecified atom stereocenters. The van der Waals surface area contributed by atoms with Crippen molar-refractivity contribution in [1.82, 2.24) is 0 Å². The number of halogens is 2. The molecule has 1 amide bonds. The predicted octanol–water partition coefficient (Wildman–Crippen LogP) is 3.77. The van der Waals surface area contributed by atoms with Gasteiger partial charge in [0, 0.05) is 4.47 Å². The van der Waals surface area contributed by atoms with E-state index in [4.69, 9.17) is 11.6 Å². The van der Waals surface area contributed by atoms with E-state index in [2.05, 4.69) is 21.2 Å². The first-order valence-electron chi connectivity index (χ1n) is 5.26. The summed E-state index contributed by atoms with van der Waals surface area (Å²) in [6, 6.07) is 9.15. The van der Waals surface area contributed by atoms with E-state index >= 15 is 0 Å². The van der Waals surface area contributed by atoms with Gasteiger partial charge in [-0.15, -0.1) is 0 Å². The molecule has 2 aromatic rings. The van der Waals surface area contributed by atoms with Crippen molar-refractivity contribution in [3.63, 3.8) is 0 Å². The van der Waals surface area contributed by atoms with Crippen LogP contribution in [-0.4, -0.2) is 16.1 Å². The van der Waals surface area contributed by atoms with Gasteiger partial charge in [-0.05, 0) is 30.3 Å². The van der Waals surface area contributed by atoms with E-state index in [0.29, 0.717) is 10.7 Å². The van der Waals surface area contributed by atoms with Crippen LogP contribution in [0.15, 0.2) is 40.9 Å². The quantitative estimate of drug-likeness (QED) is 0.728. The van der Waals surface area contributed by atoms with Crippen LogP contribution >= 0.6 is 27.5 Å². The van der Waals surface area contributed by atoms with Gasteiger partial charge in [0.2, 0.25) is 0 Å². The summed E-state index contributed by atoms with van der Waals surface area (Å²) >= 11 is 9.23. The molecule has 2 aromatic carbocycles. The van der Waals surface area contributed by atoms with Crippen molar-refractivity contribution in [1.29, 1.82) is 0 Å². The van der Waals surface area contributed by atoms with Gasteiger partial charge in [0.25, 0.3) is 5.91 Å². The zero-order valence-corrected chi connectivity index (χ0v) is 11.9. The molecule has 0 fully saturated rings. The minimum absolute atomic E-state index is 0.0287. The fourth-order valence-corrected chi connectivity index (χ4v) is 2.22. The van der Waals surface area contributed by atoms with Gasteiger partial charge in [0.05, 0.1) is 16.3 Å². The van der Waals surface area contributed by atoms with Crippen LogP contribution in [0, 0.1) is 0 Å². The standard InChI is InChI=1S/C13H9BrClNO3/c14-7-4-5-10(9(15)6-7)16-13(19)8-2-1-3-11(17)12(8)18/h1-6,17-18H,(H,16,19). The van der Waals surface area contributed by atoms with Gasteiger partial charge in [-0.3, -0.25) is 4.79 Å². The molecule has 0 saturated heterocycles. The lowest BCUT2D eigenvalue weighted by Crippen LogP contribution is -2.12. The maximum absolute atomic E-state index is 12.0. The van der Waals surface area contributed by atoms with Crippen LogP contribution in [-0.2, 0) is 0 Å². The number of amides is 1. The minimum Gasteiger partial charge on any atom is -0.504 e. The molecule has 0 aromatic heterocycles. The molecule has 0 spiro atoms. The number of phenolic OH excluding ortho intramolecular Hbond substituents is 2. The molecule has 19 heavy (non-hydrogen) atoms. The summed E-state index contributed by atoms with van der Waals surface area (Å²) in [5.74, 6) is -1.37. The Labute approximate surface area is 122 Å². The SMILES string of the molecule is O=C(Nc1ccc(Br)cc1Cl)c1cccc(O)c1O. The molecule has 4 nitrogen and oxygen atoms in total. The van der Waals surface area contributed by atoms with Gasteiger partial charge < -0.3 is 15.5 Å². The highest BCUT2D eigenvalue weighted by Gasteiger charge is 2.15. The molecule has 0 aliphatic rings. The third-order valence-electron chi connectivity index (χ3n) is 2.44. The lowest BCUT2D eigenvalue weighted by Gasteiger charge is -2.09. The highest BCUT2D eigenvalue weighted by Crippen LogP contribution is 2.30. The minimum atomic E-state index is -0.558. The molecule has 3 N–H and O–H groups in total. The van der Waals surface area contributed by atoms with Crippen molar-refractivity contribution in [2.24, 2.45) is 0 Å². The van der Waals surface area contributed by atoms with Crippen molar-refractivity contribution < 1.29 is 15.0 Å². The van der Waals surface area contributed by atoms with E-state index in [1.54, 1.807) is 18.2 Å². The first-order valence-corrected chi connectivity index (χ1v) is 6.43. The fraction of sp³-hybridized carbons (Fsp3) is 0. The maximum Gasteiger partial charge on any atom is 0.259 e. The number of aromatic hydroxyl groups is 2. The highest BCUT2D eigenvalue weighted by atomic mass is 79.9. The summed E-state index contributed by atoms with van der Waals surface area (Å²) in [7, 11) is 0. The average Bonchev–Trinajstić information content (AvgIpc) is 2.36. The molecular weight excluding hydrogens is 334 g/mol. The Kier molecular flexibility index (Phi) is 3.97. The summed E-state index contributed by atoms with van der Waals surface area (Å²) < 4.78 is 0.788. The molecule has 98 valence electrons. The predicted molar refractivity (Wildman–Crippen MR) is 76.9 cm³/mol. The first-order chi connectivity index (χ1) is 8.99. The van der Waals surface area contributed by atoms with E-state index < -0.39 is 11.7 Å². The molecule has 0 heterocycles. The molecular formula is C13H9BrClNO3. The number of phenols is 2. The van der Waals surface area contributed by atoms with E-state index in [1.165, 1.54) is 18.2 Å². The summed E-state index contributed by atoms with van der Waals surface area (Å²) in [5.41, 5.74) is 0.386. The molecule has 2 rings (SSSR count). The number of benzene rings is 2. The third-order valence-corrected chi connectivity index (χ3v) is 3.24. The van der Waals surface area contributed by atoms with Gasteiger partial charge in [-0.25, -0.2) is 0 Å². The van der Waals surface area contributed by atoms with Crippen LogP contribution in [0.2, 0.25) is 5.02 Å². The van der Waals surface area contributed by atoms with Crippen molar-refractivity contribution >= 4 is 39.1 Å². The zero-order chi connectivity index (χ0) is 14.0. The van der Waals surface area contributed by atoms with Crippen LogP contribution < -0.4 is 5.32 Å². The Morgan fingerprint density at radius 3 is 2.63 bits per heavy atom. The Morgan fingerprint density at radius 1 is 1.21 bits per heavy atom. The van der Waals surface area contributed by atoms with E-state index in [0.717, 1.165) is 4.47 Å². The van der Waals surface area contributed by atoms with Crippen LogP contribution in [0.1, 0.15) is 10.4 Å². The van der Waals surface area contributed by atoms with E-state index in [-0.39, 0.29) is 11.3 Å². The number of carbonyl (C=O) groups excluding carboxylic acids is 1. The second-order valence-electron chi connectivity index (χ2n) is 3.75. The van der Waals surface area contributed by atoms with Crippen molar-refractivity contribution in [3.05, 3.63) is 51.5 Å². The molecule has 0 saturated carbocycles. The number of para-hydroxylation sites is 1. The summed E-state index contributed by atoms with van der Waals surface area (Å²) in [4.78, 5) is 12.0. The number of hydrogen-bond donors (Lipinski definition) is 3. The summed E-state index contributed by atoms with van der Waals surface area (Å²) in [6.07, 6.45) is 0. The molecule has 0 aliphatic heterocycles. The second kappa shape index (κ2) is 5.50. The van der Waals surface area contributed by atoms with Crippen LogP contribution in [0.5, 0.6) is 11.5 Å². The van der Waals surface area contributed by atoms with E-state index in [9.17, 15) is 15.0 Å². The maximum atomic E-state index is 12.0. The first kappa shape index (κ1) is 13.7. The summed E-state index contributed by atoms with van der Waals surface area (Å²) in [5, 5.41) is 21.9. The van der Waals surface area contributed by atoms with Gasteiger partial charge in [0.15, 0.2) is 11.5 Å². The number of hydrogen-bond acceptors (Lipinski definition) is 3. The van der Waals surface area contributed by atoms with Gasteiger partial charge in [0.1, 0.15) is 0 Å². The largest absolute Gasteiger partial charge is 0.504 e. The van der Waals surface area contributed by atoms with Gasteiger partial charge in [-0.2, -0.15) is 0 Å². The molecule has 0 aliphatic carbocycles. The zero-order valence-electron chi connectivity index (χ0n) is 9.52. The molecule has 0 radical (unpaired) electrons. The van der Waals surface area contributed by atoms with E-state index in [1.807, 2.05) is 0 Å². The Hall–Kier alpha value is -1.72. The number of rotatable bonds is 2. The normalized spacial score (nSPS) is 10.2. The van der Waals surface area contributed by atoms with Crippen molar-refractivity contribution in [2.75, 3.05) is 5.32 Å². The smallest absolute Gasteiger partial charge is 0.259 e. The van der Waals surface area contributed by atoms with Crippen molar-refractivity contribution in [3.8, 4) is 11.5 Å². The fourth-order valence-electron chi connectivity index (χ4n) is 1.50. The molecule has 0 bridgehead atoms. The van der Waals surface area contributed by atoms with Crippen LogP contribution in [0.25, 0.3) is 0 Å². The van der Waals surface area contributed by atoms with Gasteiger partial charge in [-0.1, -0.05) is 33.6 Å². The summed E-state index contributed by atoms with van der Waals surface area (Å²) in [6.45, 7) is 0. The number of anilines is 1.